The van der Waals surface area contributed by atoms with E-state index in [0.717, 1.165) is 12.1 Å². The average Bonchev–Trinajstić information content (AvgIpc) is 2.38. The first-order valence-electron chi connectivity index (χ1n) is 5.86. The van der Waals surface area contributed by atoms with Crippen molar-refractivity contribution in [1.82, 2.24) is 10.2 Å². The Morgan fingerprint density at radius 2 is 2.22 bits per heavy atom. The fourth-order valence-electron chi connectivity index (χ4n) is 1.63. The van der Waals surface area contributed by atoms with Crippen LogP contribution in [0.5, 0.6) is 5.75 Å². The van der Waals surface area contributed by atoms with Crippen LogP contribution < -0.4 is 10.1 Å². The van der Waals surface area contributed by atoms with Crippen LogP contribution in [0.4, 0.5) is 4.39 Å². The van der Waals surface area contributed by atoms with Gasteiger partial charge < -0.3 is 10.1 Å². The SMILES string of the molecule is CCN(CC(=O)NC)Cc1ccc(OC)c(F)c1. The van der Waals surface area contributed by atoms with Crippen molar-refractivity contribution in [3.05, 3.63) is 29.6 Å². The molecule has 100 valence electrons. The molecule has 0 saturated heterocycles. The Morgan fingerprint density at radius 3 is 2.72 bits per heavy atom. The minimum Gasteiger partial charge on any atom is -0.494 e. The highest BCUT2D eigenvalue weighted by atomic mass is 19.1. The highest BCUT2D eigenvalue weighted by molar-refractivity contribution is 5.77. The van der Waals surface area contributed by atoms with E-state index in [9.17, 15) is 9.18 Å². The predicted molar refractivity (Wildman–Crippen MR) is 68.0 cm³/mol. The van der Waals surface area contributed by atoms with Crippen LogP contribution >= 0.6 is 0 Å². The lowest BCUT2D eigenvalue weighted by Crippen LogP contribution is -2.35. The molecule has 0 saturated carbocycles. The van der Waals surface area contributed by atoms with Gasteiger partial charge in [-0.3, -0.25) is 9.69 Å². The van der Waals surface area contributed by atoms with Crippen molar-refractivity contribution < 1.29 is 13.9 Å². The van der Waals surface area contributed by atoms with E-state index in [2.05, 4.69) is 5.32 Å². The summed E-state index contributed by atoms with van der Waals surface area (Å²) in [7, 11) is 3.03. The molecular weight excluding hydrogens is 235 g/mol. The van der Waals surface area contributed by atoms with Crippen LogP contribution in [0, 0.1) is 5.82 Å². The van der Waals surface area contributed by atoms with E-state index < -0.39 is 0 Å². The summed E-state index contributed by atoms with van der Waals surface area (Å²) in [4.78, 5) is 13.2. The molecule has 0 bridgehead atoms. The van der Waals surface area contributed by atoms with Crippen LogP contribution in [0.2, 0.25) is 0 Å². The zero-order chi connectivity index (χ0) is 13.5. The van der Waals surface area contributed by atoms with Crippen molar-refractivity contribution in [3.8, 4) is 5.75 Å². The minimum absolute atomic E-state index is 0.0502. The van der Waals surface area contributed by atoms with E-state index in [1.54, 1.807) is 19.2 Å². The van der Waals surface area contributed by atoms with Crippen molar-refractivity contribution in [2.24, 2.45) is 0 Å². The molecule has 1 amide bonds. The van der Waals surface area contributed by atoms with Crippen LogP contribution in [0.15, 0.2) is 18.2 Å². The third-order valence-corrected chi connectivity index (χ3v) is 2.72. The molecule has 1 aromatic carbocycles. The molecule has 0 aromatic heterocycles. The predicted octanol–water partition coefficient (Wildman–Crippen LogP) is 1.40. The van der Waals surface area contributed by atoms with Crippen molar-refractivity contribution in [1.29, 1.82) is 0 Å². The lowest BCUT2D eigenvalue weighted by molar-refractivity contribution is -0.121. The molecule has 0 unspecified atom stereocenters. The van der Waals surface area contributed by atoms with Crippen LogP contribution in [-0.4, -0.2) is 38.1 Å². The largest absolute Gasteiger partial charge is 0.494 e. The Balaban J connectivity index is 2.70. The number of likely N-dealkylation sites (N-methyl/N-ethyl adjacent to an activating group) is 2. The highest BCUT2D eigenvalue weighted by Gasteiger charge is 2.10. The van der Waals surface area contributed by atoms with Gasteiger partial charge in [-0.1, -0.05) is 13.0 Å². The van der Waals surface area contributed by atoms with E-state index in [4.69, 9.17) is 4.74 Å². The maximum Gasteiger partial charge on any atom is 0.233 e. The molecule has 0 fully saturated rings. The molecule has 0 aliphatic heterocycles. The second-order valence-electron chi connectivity index (χ2n) is 3.95. The number of benzene rings is 1. The molecule has 1 aromatic rings. The number of methoxy groups -OCH3 is 1. The van der Waals surface area contributed by atoms with E-state index in [1.165, 1.54) is 13.2 Å². The van der Waals surface area contributed by atoms with Crippen LogP contribution in [0.25, 0.3) is 0 Å². The third-order valence-electron chi connectivity index (χ3n) is 2.72. The van der Waals surface area contributed by atoms with Crippen LogP contribution in [0.1, 0.15) is 12.5 Å². The molecule has 1 rings (SSSR count). The van der Waals surface area contributed by atoms with E-state index in [1.807, 2.05) is 11.8 Å². The molecule has 4 nitrogen and oxygen atoms in total. The summed E-state index contributed by atoms with van der Waals surface area (Å²) < 4.78 is 18.4. The molecular formula is C13H19FN2O2. The number of ether oxygens (including phenoxy) is 1. The van der Waals surface area contributed by atoms with Crippen molar-refractivity contribution in [2.45, 2.75) is 13.5 Å². The average molecular weight is 254 g/mol. The summed E-state index contributed by atoms with van der Waals surface area (Å²) in [6.45, 7) is 3.52. The van der Waals surface area contributed by atoms with E-state index >= 15 is 0 Å². The van der Waals surface area contributed by atoms with Crippen LogP contribution in [-0.2, 0) is 11.3 Å². The molecule has 1 N–H and O–H groups in total. The molecule has 5 heteroatoms. The molecule has 0 aliphatic rings. The quantitative estimate of drug-likeness (QED) is 0.834. The number of carbonyl (C=O) groups is 1. The van der Waals surface area contributed by atoms with Gasteiger partial charge in [-0.2, -0.15) is 0 Å². The summed E-state index contributed by atoms with van der Waals surface area (Å²) in [5.74, 6) is -0.204. The van der Waals surface area contributed by atoms with Gasteiger partial charge in [-0.05, 0) is 24.2 Å². The van der Waals surface area contributed by atoms with Gasteiger partial charge in [0.15, 0.2) is 11.6 Å². The zero-order valence-electron chi connectivity index (χ0n) is 11.0. The maximum atomic E-state index is 13.5. The Morgan fingerprint density at radius 1 is 1.50 bits per heavy atom. The van der Waals surface area contributed by atoms with Crippen molar-refractivity contribution in [2.75, 3.05) is 27.2 Å². The third kappa shape index (κ3) is 4.00. The fraction of sp³-hybridized carbons (Fsp3) is 0.462. The second kappa shape index (κ2) is 6.96. The summed E-state index contributed by atoms with van der Waals surface area (Å²) in [5.41, 5.74) is 0.819. The Hall–Kier alpha value is -1.62. The highest BCUT2D eigenvalue weighted by Crippen LogP contribution is 2.18. The number of amides is 1. The number of nitrogens with one attached hydrogen (secondary N) is 1. The molecule has 0 atom stereocenters. The van der Waals surface area contributed by atoms with Crippen molar-refractivity contribution >= 4 is 5.91 Å². The normalized spacial score (nSPS) is 10.5. The van der Waals surface area contributed by atoms with Gasteiger partial charge in [0.25, 0.3) is 0 Å². The monoisotopic (exact) mass is 254 g/mol. The number of rotatable bonds is 6. The van der Waals surface area contributed by atoms with Gasteiger partial charge in [0, 0.05) is 13.6 Å². The lowest BCUT2D eigenvalue weighted by atomic mass is 10.2. The topological polar surface area (TPSA) is 41.6 Å². The lowest BCUT2D eigenvalue weighted by Gasteiger charge is -2.19. The minimum atomic E-state index is -0.383. The van der Waals surface area contributed by atoms with Gasteiger partial charge in [-0.25, -0.2) is 4.39 Å². The summed E-state index contributed by atoms with van der Waals surface area (Å²) in [6, 6.07) is 4.83. The number of halogens is 1. The Labute approximate surface area is 107 Å². The first kappa shape index (κ1) is 14.4. The fourth-order valence-corrected chi connectivity index (χ4v) is 1.63. The summed E-state index contributed by atoms with van der Waals surface area (Å²) in [5, 5.41) is 2.57. The number of hydrogen-bond donors (Lipinski definition) is 1. The molecule has 0 spiro atoms. The summed E-state index contributed by atoms with van der Waals surface area (Å²) >= 11 is 0. The summed E-state index contributed by atoms with van der Waals surface area (Å²) in [6.07, 6.45) is 0. The van der Waals surface area contributed by atoms with Gasteiger partial charge >= 0.3 is 0 Å². The van der Waals surface area contributed by atoms with Gasteiger partial charge in [-0.15, -0.1) is 0 Å². The van der Waals surface area contributed by atoms with Crippen LogP contribution in [0.3, 0.4) is 0 Å². The van der Waals surface area contributed by atoms with Gasteiger partial charge in [0.05, 0.1) is 13.7 Å². The first-order valence-corrected chi connectivity index (χ1v) is 5.86. The number of hydrogen-bond acceptors (Lipinski definition) is 3. The zero-order valence-corrected chi connectivity index (χ0v) is 11.0. The van der Waals surface area contributed by atoms with Crippen molar-refractivity contribution in [3.63, 3.8) is 0 Å². The first-order chi connectivity index (χ1) is 8.60. The molecule has 0 aliphatic carbocycles. The van der Waals surface area contributed by atoms with E-state index in [-0.39, 0.29) is 17.5 Å². The maximum absolute atomic E-state index is 13.5. The second-order valence-corrected chi connectivity index (χ2v) is 3.95. The number of nitrogens with zero attached hydrogens (tertiary/aromatic N) is 1. The smallest absolute Gasteiger partial charge is 0.233 e. The Bertz CT molecular complexity index is 410. The van der Waals surface area contributed by atoms with E-state index in [0.29, 0.717) is 13.1 Å². The van der Waals surface area contributed by atoms with Gasteiger partial charge in [0.2, 0.25) is 5.91 Å². The molecule has 0 heterocycles. The molecule has 0 radical (unpaired) electrons. The Kier molecular flexibility index (Phi) is 5.58. The van der Waals surface area contributed by atoms with Gasteiger partial charge in [0.1, 0.15) is 0 Å². The number of carbonyl (C=O) groups excluding carboxylic acids is 1. The molecule has 18 heavy (non-hydrogen) atoms. The standard InChI is InChI=1S/C13H19FN2O2/c1-4-16(9-13(17)15-2)8-10-5-6-12(18-3)11(14)7-10/h5-7H,4,8-9H2,1-3H3,(H,15,17).